The first-order valence-electron chi connectivity index (χ1n) is 13.6. The lowest BCUT2D eigenvalue weighted by atomic mass is 9.93. The van der Waals surface area contributed by atoms with Crippen molar-refractivity contribution in [1.82, 2.24) is 15.2 Å². The Hall–Kier alpha value is -3.52. The Morgan fingerprint density at radius 3 is 2.53 bits per heavy atom. The zero-order valence-corrected chi connectivity index (χ0v) is 21.8. The molecule has 1 aliphatic carbocycles. The topological polar surface area (TPSA) is 102 Å². The van der Waals surface area contributed by atoms with E-state index in [0.717, 1.165) is 6.42 Å². The number of oxazole rings is 1. The van der Waals surface area contributed by atoms with Gasteiger partial charge in [-0.1, -0.05) is 55.8 Å². The van der Waals surface area contributed by atoms with Crippen molar-refractivity contribution in [2.45, 2.75) is 51.0 Å². The maximum absolute atomic E-state index is 13.7. The minimum Gasteiger partial charge on any atom is -0.434 e. The monoisotopic (exact) mass is 517 g/mol. The SMILES string of the molecule is CCCC(NC(=O)C(CC(=O)N1CCOCC1)CC1CC1c1ccccc1)C(=O)c1nc2ccccc2o1. The van der Waals surface area contributed by atoms with Crippen molar-refractivity contribution in [3.8, 4) is 0 Å². The van der Waals surface area contributed by atoms with E-state index in [-0.39, 0.29) is 29.9 Å². The summed E-state index contributed by atoms with van der Waals surface area (Å²) in [5.74, 6) is -0.419. The zero-order chi connectivity index (χ0) is 26.5. The van der Waals surface area contributed by atoms with E-state index in [9.17, 15) is 14.4 Å². The van der Waals surface area contributed by atoms with Gasteiger partial charge in [-0.25, -0.2) is 4.98 Å². The second-order valence-corrected chi connectivity index (χ2v) is 10.3. The van der Waals surface area contributed by atoms with E-state index in [0.29, 0.717) is 68.5 Å². The zero-order valence-electron chi connectivity index (χ0n) is 21.8. The van der Waals surface area contributed by atoms with Gasteiger partial charge < -0.3 is 19.4 Å². The van der Waals surface area contributed by atoms with Crippen molar-refractivity contribution in [1.29, 1.82) is 0 Å². The van der Waals surface area contributed by atoms with Gasteiger partial charge >= 0.3 is 0 Å². The number of carbonyl (C=O) groups is 3. The molecule has 2 heterocycles. The first-order valence-corrected chi connectivity index (χ1v) is 13.6. The molecule has 1 N–H and O–H groups in total. The summed E-state index contributed by atoms with van der Waals surface area (Å²) in [7, 11) is 0. The van der Waals surface area contributed by atoms with Gasteiger partial charge in [-0.15, -0.1) is 0 Å². The van der Waals surface area contributed by atoms with E-state index >= 15 is 0 Å². The molecule has 2 amide bonds. The van der Waals surface area contributed by atoms with Crippen molar-refractivity contribution < 1.29 is 23.5 Å². The van der Waals surface area contributed by atoms with Crippen LogP contribution in [0.4, 0.5) is 0 Å². The Morgan fingerprint density at radius 2 is 1.79 bits per heavy atom. The van der Waals surface area contributed by atoms with Crippen LogP contribution in [-0.2, 0) is 14.3 Å². The molecule has 0 radical (unpaired) electrons. The number of para-hydroxylation sites is 2. The van der Waals surface area contributed by atoms with E-state index in [1.54, 1.807) is 17.0 Å². The largest absolute Gasteiger partial charge is 0.434 e. The molecule has 8 nitrogen and oxygen atoms in total. The van der Waals surface area contributed by atoms with Gasteiger partial charge in [0.1, 0.15) is 5.52 Å². The van der Waals surface area contributed by atoms with E-state index < -0.39 is 12.0 Å². The van der Waals surface area contributed by atoms with Gasteiger partial charge in [0, 0.05) is 25.4 Å². The van der Waals surface area contributed by atoms with E-state index in [4.69, 9.17) is 9.15 Å². The average molecular weight is 518 g/mol. The Balaban J connectivity index is 1.30. The number of morpholine rings is 1. The van der Waals surface area contributed by atoms with E-state index in [1.165, 1.54) is 5.56 Å². The van der Waals surface area contributed by atoms with Gasteiger partial charge in [0.2, 0.25) is 17.6 Å². The Kier molecular flexibility index (Phi) is 8.17. The molecule has 2 aromatic carbocycles. The first-order chi connectivity index (χ1) is 18.5. The molecule has 4 atom stereocenters. The smallest absolute Gasteiger partial charge is 0.266 e. The van der Waals surface area contributed by atoms with Gasteiger partial charge in [-0.3, -0.25) is 14.4 Å². The van der Waals surface area contributed by atoms with Crippen molar-refractivity contribution in [3.63, 3.8) is 0 Å². The number of nitrogens with one attached hydrogen (secondary N) is 1. The summed E-state index contributed by atoms with van der Waals surface area (Å²) in [5, 5.41) is 2.97. The summed E-state index contributed by atoms with van der Waals surface area (Å²) in [6.45, 7) is 4.07. The third-order valence-corrected chi connectivity index (χ3v) is 7.61. The molecule has 0 bridgehead atoms. The van der Waals surface area contributed by atoms with Gasteiger partial charge in [0.15, 0.2) is 5.58 Å². The summed E-state index contributed by atoms with van der Waals surface area (Å²) in [4.78, 5) is 46.2. The molecule has 1 aliphatic heterocycles. The maximum Gasteiger partial charge on any atom is 0.266 e. The molecule has 1 saturated carbocycles. The number of hydrogen-bond acceptors (Lipinski definition) is 6. The summed E-state index contributed by atoms with van der Waals surface area (Å²) < 4.78 is 11.1. The highest BCUT2D eigenvalue weighted by Gasteiger charge is 2.42. The summed E-state index contributed by atoms with van der Waals surface area (Å²) >= 11 is 0. The molecule has 200 valence electrons. The predicted octanol–water partition coefficient (Wildman–Crippen LogP) is 4.35. The van der Waals surface area contributed by atoms with Crippen LogP contribution in [0.5, 0.6) is 0 Å². The fraction of sp³-hybridized carbons (Fsp3) is 0.467. The van der Waals surface area contributed by atoms with Crippen LogP contribution in [0.25, 0.3) is 11.1 Å². The number of hydrogen-bond donors (Lipinski definition) is 1. The molecule has 1 saturated heterocycles. The van der Waals surface area contributed by atoms with Gasteiger partial charge in [0.25, 0.3) is 5.89 Å². The van der Waals surface area contributed by atoms with Crippen LogP contribution in [0.3, 0.4) is 0 Å². The second-order valence-electron chi connectivity index (χ2n) is 10.3. The lowest BCUT2D eigenvalue weighted by Crippen LogP contribution is -2.46. The Labute approximate surface area is 222 Å². The minimum absolute atomic E-state index is 0.00257. The van der Waals surface area contributed by atoms with Crippen LogP contribution in [-0.4, -0.2) is 59.8 Å². The number of carbonyl (C=O) groups excluding carboxylic acids is 3. The highest BCUT2D eigenvalue weighted by Crippen LogP contribution is 2.51. The number of nitrogens with zero attached hydrogens (tertiary/aromatic N) is 2. The fourth-order valence-electron chi connectivity index (χ4n) is 5.39. The molecule has 4 unspecified atom stereocenters. The highest BCUT2D eigenvalue weighted by atomic mass is 16.5. The standard InChI is InChI=1S/C30H35N3O5/c1-2-8-25(28(35)30-32-24-11-6-7-12-26(24)38-30)31-29(36)22(19-27(34)33-13-15-37-16-14-33)17-21-18-23(21)20-9-4-3-5-10-20/h3-7,9-12,21-23,25H,2,8,13-19H2,1H3,(H,31,36). The predicted molar refractivity (Wildman–Crippen MR) is 143 cm³/mol. The first kappa shape index (κ1) is 26.1. The molecule has 38 heavy (non-hydrogen) atoms. The van der Waals surface area contributed by atoms with Crippen LogP contribution in [0.2, 0.25) is 0 Å². The van der Waals surface area contributed by atoms with Crippen LogP contribution in [0.15, 0.2) is 59.0 Å². The molecule has 5 rings (SSSR count). The third-order valence-electron chi connectivity index (χ3n) is 7.61. The van der Waals surface area contributed by atoms with Crippen molar-refractivity contribution >= 4 is 28.7 Å². The normalized spacial score (nSPS) is 20.6. The summed E-state index contributed by atoms with van der Waals surface area (Å²) in [6, 6.07) is 16.8. The molecule has 8 heteroatoms. The lowest BCUT2D eigenvalue weighted by molar-refractivity contribution is -0.139. The molecule has 3 aromatic rings. The molecule has 2 fully saturated rings. The van der Waals surface area contributed by atoms with Crippen molar-refractivity contribution in [2.75, 3.05) is 26.3 Å². The number of benzene rings is 2. The Bertz CT molecular complexity index is 1230. The molecule has 0 spiro atoms. The number of ketones is 1. The van der Waals surface area contributed by atoms with Crippen LogP contribution < -0.4 is 5.32 Å². The van der Waals surface area contributed by atoms with Gasteiger partial charge in [0.05, 0.1) is 19.3 Å². The Morgan fingerprint density at radius 1 is 1.05 bits per heavy atom. The van der Waals surface area contributed by atoms with Crippen molar-refractivity contribution in [3.05, 3.63) is 66.1 Å². The minimum atomic E-state index is -0.759. The quantitative estimate of drug-likeness (QED) is 0.380. The van der Waals surface area contributed by atoms with Crippen molar-refractivity contribution in [2.24, 2.45) is 11.8 Å². The van der Waals surface area contributed by atoms with Gasteiger partial charge in [-0.2, -0.15) is 0 Å². The lowest BCUT2D eigenvalue weighted by Gasteiger charge is -2.29. The molecule has 1 aromatic heterocycles. The summed E-state index contributed by atoms with van der Waals surface area (Å²) in [5.41, 5.74) is 2.41. The number of ether oxygens (including phenoxy) is 1. The number of aromatic nitrogens is 1. The molecular formula is C30H35N3O5. The van der Waals surface area contributed by atoms with Gasteiger partial charge in [-0.05, 0) is 48.8 Å². The number of amides is 2. The van der Waals surface area contributed by atoms with E-state index in [2.05, 4.69) is 22.4 Å². The van der Waals surface area contributed by atoms with E-state index in [1.807, 2.05) is 37.3 Å². The van der Waals surface area contributed by atoms with Crippen LogP contribution in [0.1, 0.15) is 61.2 Å². The highest BCUT2D eigenvalue weighted by molar-refractivity contribution is 6.00. The number of rotatable bonds is 11. The molecule has 2 aliphatic rings. The fourth-order valence-corrected chi connectivity index (χ4v) is 5.39. The van der Waals surface area contributed by atoms with Crippen LogP contribution in [0, 0.1) is 11.8 Å². The number of Topliss-reactive ketones (excluding diaryl/α,β-unsaturated/α-hetero) is 1. The van der Waals surface area contributed by atoms with Crippen LogP contribution >= 0.6 is 0 Å². The third kappa shape index (κ3) is 6.13. The number of fused-ring (bicyclic) bond motifs is 1. The average Bonchev–Trinajstić information content (AvgIpc) is 3.59. The maximum atomic E-state index is 13.7. The summed E-state index contributed by atoms with van der Waals surface area (Å²) in [6.07, 6.45) is 2.90. The second kappa shape index (κ2) is 11.9. The molecular weight excluding hydrogens is 482 g/mol.